The number of nitrogens with one attached hydrogen (secondary N) is 1. The normalized spacial score (nSPS) is 25.2. The second-order valence-corrected chi connectivity index (χ2v) is 6.10. The summed E-state index contributed by atoms with van der Waals surface area (Å²) in [7, 11) is -0.927. The Morgan fingerprint density at radius 1 is 1.53 bits per heavy atom. The number of carbonyl (C=O) groups is 1. The van der Waals surface area contributed by atoms with Gasteiger partial charge in [-0.05, 0) is 0 Å². The van der Waals surface area contributed by atoms with Crippen molar-refractivity contribution in [1.82, 2.24) is 9.62 Å². The molecule has 0 unspecified atom stereocenters. The first-order valence-electron chi connectivity index (χ1n) is 5.30. The van der Waals surface area contributed by atoms with Gasteiger partial charge in [0.25, 0.3) is 0 Å². The molecule has 0 bridgehead atoms. The number of β-amino-alcohol motifs (C(OH)–C–C–N with tert-alkyl or cyclic N) is 1. The summed E-state index contributed by atoms with van der Waals surface area (Å²) in [5, 5.41) is 12.5. The lowest BCUT2D eigenvalue weighted by Crippen LogP contribution is -2.45. The molecule has 1 saturated heterocycles. The second kappa shape index (κ2) is 5.76. The summed E-state index contributed by atoms with van der Waals surface area (Å²) in [5.74, 6) is -0.869. The third-order valence-electron chi connectivity index (χ3n) is 2.85. The molecule has 100 valence electrons. The van der Waals surface area contributed by atoms with E-state index < -0.39 is 28.1 Å². The average molecular weight is 266 g/mol. The Balaban J connectivity index is 2.60. The predicted octanol–water partition coefficient (Wildman–Crippen LogP) is -1.86. The molecule has 8 heteroatoms. The van der Waals surface area contributed by atoms with E-state index in [9.17, 15) is 18.3 Å². The highest BCUT2D eigenvalue weighted by molar-refractivity contribution is 7.89. The Bertz CT molecular complexity index is 370. The maximum Gasteiger partial charge on any atom is 0.306 e. The molecule has 2 atom stereocenters. The van der Waals surface area contributed by atoms with Crippen molar-refractivity contribution in [2.45, 2.75) is 18.6 Å². The Labute approximate surface area is 101 Å². The summed E-state index contributed by atoms with van der Waals surface area (Å²) in [5.41, 5.74) is 0. The van der Waals surface area contributed by atoms with Crippen molar-refractivity contribution < 1.29 is 23.1 Å². The molecule has 7 nitrogen and oxygen atoms in total. The van der Waals surface area contributed by atoms with Crippen molar-refractivity contribution >= 4 is 16.0 Å². The maximum atomic E-state index is 11.9. The van der Waals surface area contributed by atoms with Gasteiger partial charge in [-0.2, -0.15) is 4.31 Å². The zero-order chi connectivity index (χ0) is 13.1. The highest BCUT2D eigenvalue weighted by atomic mass is 32.2. The summed E-state index contributed by atoms with van der Waals surface area (Å²) in [6, 6.07) is -0.474. The smallest absolute Gasteiger partial charge is 0.306 e. The number of nitrogens with zero attached hydrogens (tertiary/aromatic N) is 1. The highest BCUT2D eigenvalue weighted by Gasteiger charge is 2.34. The van der Waals surface area contributed by atoms with Gasteiger partial charge < -0.3 is 15.2 Å². The summed E-state index contributed by atoms with van der Waals surface area (Å²) < 4.78 is 29.2. The van der Waals surface area contributed by atoms with Gasteiger partial charge in [-0.1, -0.05) is 0 Å². The number of sulfonamides is 1. The van der Waals surface area contributed by atoms with Crippen LogP contribution >= 0.6 is 0 Å². The number of hydrogen-bond acceptors (Lipinski definition) is 6. The van der Waals surface area contributed by atoms with Crippen LogP contribution in [0, 0.1) is 0 Å². The number of aliphatic hydroxyl groups is 1. The van der Waals surface area contributed by atoms with E-state index in [1.54, 1.807) is 0 Å². The molecule has 1 fully saturated rings. The number of methoxy groups -OCH3 is 1. The number of esters is 1. The van der Waals surface area contributed by atoms with Crippen LogP contribution in [0.4, 0.5) is 0 Å². The molecular formula is C9H18N2O5S. The topological polar surface area (TPSA) is 95.9 Å². The maximum absolute atomic E-state index is 11.9. The van der Waals surface area contributed by atoms with Gasteiger partial charge in [-0.15, -0.1) is 0 Å². The minimum atomic E-state index is -3.55. The number of ether oxygens (including phenoxy) is 1. The first-order chi connectivity index (χ1) is 7.88. The number of rotatable bonds is 5. The van der Waals surface area contributed by atoms with Gasteiger partial charge in [0.05, 0.1) is 31.4 Å². The minimum absolute atomic E-state index is 0.181. The molecule has 0 radical (unpaired) electrons. The fourth-order valence-corrected chi connectivity index (χ4v) is 3.03. The Hall–Kier alpha value is -0.700. The van der Waals surface area contributed by atoms with Crippen LogP contribution in [-0.2, 0) is 19.6 Å². The van der Waals surface area contributed by atoms with E-state index in [0.29, 0.717) is 13.1 Å². The molecule has 17 heavy (non-hydrogen) atoms. The second-order valence-electron chi connectivity index (χ2n) is 3.95. The Kier molecular flexibility index (Phi) is 4.87. The SMILES string of the molecule is COC(=O)CCS(=O)(=O)N(C)[C@@H]1CNC[C@H]1O. The van der Waals surface area contributed by atoms with Crippen molar-refractivity contribution in [1.29, 1.82) is 0 Å². The Morgan fingerprint density at radius 3 is 2.65 bits per heavy atom. The van der Waals surface area contributed by atoms with Gasteiger partial charge in [-0.3, -0.25) is 4.79 Å². The van der Waals surface area contributed by atoms with Crippen LogP contribution < -0.4 is 5.32 Å². The van der Waals surface area contributed by atoms with Crippen molar-refractivity contribution in [2.24, 2.45) is 0 Å². The van der Waals surface area contributed by atoms with Crippen molar-refractivity contribution in [3.8, 4) is 0 Å². The molecular weight excluding hydrogens is 248 g/mol. The number of likely N-dealkylation sites (N-methyl/N-ethyl adjacent to an activating group) is 1. The van der Waals surface area contributed by atoms with E-state index in [1.807, 2.05) is 0 Å². The lowest BCUT2D eigenvalue weighted by atomic mass is 10.2. The zero-order valence-electron chi connectivity index (χ0n) is 9.92. The minimum Gasteiger partial charge on any atom is -0.469 e. The van der Waals surface area contributed by atoms with Gasteiger partial charge in [-0.25, -0.2) is 8.42 Å². The van der Waals surface area contributed by atoms with Crippen LogP contribution in [0.2, 0.25) is 0 Å². The van der Waals surface area contributed by atoms with Gasteiger partial charge in [0, 0.05) is 20.1 Å². The summed E-state index contributed by atoms with van der Waals surface area (Å²) in [6.07, 6.45) is -0.896. The van der Waals surface area contributed by atoms with E-state index in [-0.39, 0.29) is 12.2 Å². The van der Waals surface area contributed by atoms with Crippen LogP contribution in [0.3, 0.4) is 0 Å². The molecule has 0 aromatic carbocycles. The fraction of sp³-hybridized carbons (Fsp3) is 0.889. The van der Waals surface area contributed by atoms with E-state index in [1.165, 1.54) is 14.2 Å². The van der Waals surface area contributed by atoms with Crippen molar-refractivity contribution in [3.63, 3.8) is 0 Å². The third-order valence-corrected chi connectivity index (χ3v) is 4.72. The van der Waals surface area contributed by atoms with Crippen LogP contribution in [-0.4, -0.2) is 68.9 Å². The highest BCUT2D eigenvalue weighted by Crippen LogP contribution is 2.13. The molecule has 2 N–H and O–H groups in total. The fourth-order valence-electron chi connectivity index (χ4n) is 1.69. The van der Waals surface area contributed by atoms with E-state index in [4.69, 9.17) is 0 Å². The molecule has 0 aliphatic carbocycles. The number of aliphatic hydroxyl groups excluding tert-OH is 1. The summed E-state index contributed by atoms with van der Waals surface area (Å²) in [6.45, 7) is 0.788. The van der Waals surface area contributed by atoms with Crippen molar-refractivity contribution in [2.75, 3.05) is 33.0 Å². The first-order valence-corrected chi connectivity index (χ1v) is 6.90. The first kappa shape index (κ1) is 14.4. The molecule has 1 aliphatic heterocycles. The molecule has 0 spiro atoms. The lowest BCUT2D eigenvalue weighted by molar-refractivity contribution is -0.140. The predicted molar refractivity (Wildman–Crippen MR) is 60.8 cm³/mol. The third kappa shape index (κ3) is 3.63. The molecule has 0 aromatic rings. The molecule has 0 saturated carbocycles. The lowest BCUT2D eigenvalue weighted by Gasteiger charge is -2.25. The molecule has 1 aliphatic rings. The van der Waals surface area contributed by atoms with E-state index >= 15 is 0 Å². The summed E-state index contributed by atoms with van der Waals surface area (Å²) in [4.78, 5) is 10.9. The largest absolute Gasteiger partial charge is 0.469 e. The average Bonchev–Trinajstić information content (AvgIpc) is 2.71. The number of carbonyl (C=O) groups excluding carboxylic acids is 1. The number of hydrogen-bond donors (Lipinski definition) is 2. The Morgan fingerprint density at radius 2 is 2.18 bits per heavy atom. The van der Waals surface area contributed by atoms with Crippen LogP contribution in [0.5, 0.6) is 0 Å². The van der Waals surface area contributed by atoms with Crippen LogP contribution in [0.1, 0.15) is 6.42 Å². The van der Waals surface area contributed by atoms with Gasteiger partial charge in [0.15, 0.2) is 0 Å². The molecule has 0 amide bonds. The quantitative estimate of drug-likeness (QED) is 0.567. The molecule has 1 heterocycles. The molecule has 1 rings (SSSR count). The van der Waals surface area contributed by atoms with E-state index in [2.05, 4.69) is 10.1 Å². The van der Waals surface area contributed by atoms with Crippen LogP contribution in [0.25, 0.3) is 0 Å². The van der Waals surface area contributed by atoms with Crippen molar-refractivity contribution in [3.05, 3.63) is 0 Å². The van der Waals surface area contributed by atoms with Gasteiger partial charge >= 0.3 is 5.97 Å². The van der Waals surface area contributed by atoms with E-state index in [0.717, 1.165) is 4.31 Å². The standard InChI is InChI=1S/C9H18N2O5S/c1-11(7-5-10-6-8(7)12)17(14,15)4-3-9(13)16-2/h7-8,10,12H,3-6H2,1-2H3/t7-,8-/m1/s1. The monoisotopic (exact) mass is 266 g/mol. The summed E-state index contributed by atoms with van der Waals surface area (Å²) >= 11 is 0. The van der Waals surface area contributed by atoms with Gasteiger partial charge in [0.2, 0.25) is 10.0 Å². The zero-order valence-corrected chi connectivity index (χ0v) is 10.7. The van der Waals surface area contributed by atoms with Crippen LogP contribution in [0.15, 0.2) is 0 Å². The molecule has 0 aromatic heterocycles. The van der Waals surface area contributed by atoms with Gasteiger partial charge in [0.1, 0.15) is 0 Å².